The van der Waals surface area contributed by atoms with Crippen molar-refractivity contribution in [2.45, 2.75) is 58.9 Å². The molecule has 3 N–H and O–H groups in total. The SMILES string of the molecule is CCCC(CC)Nc1cc(N)nc(C(C)C)n1. The molecule has 0 bridgehead atoms. The van der Waals surface area contributed by atoms with Crippen molar-refractivity contribution in [2.75, 3.05) is 11.1 Å². The fourth-order valence-corrected chi connectivity index (χ4v) is 1.75. The summed E-state index contributed by atoms with van der Waals surface area (Å²) in [6.07, 6.45) is 3.41. The topological polar surface area (TPSA) is 63.8 Å². The molecule has 0 saturated heterocycles. The number of nitrogens with two attached hydrogens (primary N) is 1. The molecule has 1 rings (SSSR count). The average Bonchev–Trinajstić information content (AvgIpc) is 2.27. The molecule has 1 aromatic heterocycles. The number of nitrogens with one attached hydrogen (secondary N) is 1. The van der Waals surface area contributed by atoms with Gasteiger partial charge in [0.05, 0.1) is 0 Å². The summed E-state index contributed by atoms with van der Waals surface area (Å²) in [7, 11) is 0. The molecule has 0 spiro atoms. The summed E-state index contributed by atoms with van der Waals surface area (Å²) < 4.78 is 0. The maximum atomic E-state index is 5.80. The molecule has 4 nitrogen and oxygen atoms in total. The van der Waals surface area contributed by atoms with Crippen LogP contribution >= 0.6 is 0 Å². The van der Waals surface area contributed by atoms with Crippen LogP contribution in [0.25, 0.3) is 0 Å². The highest BCUT2D eigenvalue weighted by Crippen LogP contribution is 2.17. The molecule has 1 atom stereocenters. The summed E-state index contributed by atoms with van der Waals surface area (Å²) in [5.41, 5.74) is 5.80. The lowest BCUT2D eigenvalue weighted by molar-refractivity contribution is 0.619. The number of nitrogens with zero attached hydrogens (tertiary/aromatic N) is 2. The first-order valence-electron chi connectivity index (χ1n) is 6.47. The van der Waals surface area contributed by atoms with E-state index in [9.17, 15) is 0 Å². The smallest absolute Gasteiger partial charge is 0.135 e. The van der Waals surface area contributed by atoms with Gasteiger partial charge in [-0.05, 0) is 12.8 Å². The maximum absolute atomic E-state index is 5.80. The molecule has 17 heavy (non-hydrogen) atoms. The Balaban J connectivity index is 2.82. The van der Waals surface area contributed by atoms with Crippen molar-refractivity contribution < 1.29 is 0 Å². The molecule has 0 fully saturated rings. The molecule has 1 unspecified atom stereocenters. The van der Waals surface area contributed by atoms with Crippen LogP contribution in [0.4, 0.5) is 11.6 Å². The fourth-order valence-electron chi connectivity index (χ4n) is 1.75. The highest BCUT2D eigenvalue weighted by molar-refractivity contribution is 5.45. The highest BCUT2D eigenvalue weighted by atomic mass is 15.1. The van der Waals surface area contributed by atoms with Gasteiger partial charge in [0.25, 0.3) is 0 Å². The van der Waals surface area contributed by atoms with Gasteiger partial charge in [0.15, 0.2) is 0 Å². The Labute approximate surface area is 104 Å². The van der Waals surface area contributed by atoms with Crippen LogP contribution in [0.15, 0.2) is 6.07 Å². The summed E-state index contributed by atoms with van der Waals surface area (Å²) in [5, 5.41) is 3.43. The van der Waals surface area contributed by atoms with Crippen molar-refractivity contribution in [3.05, 3.63) is 11.9 Å². The van der Waals surface area contributed by atoms with Crippen molar-refractivity contribution in [3.63, 3.8) is 0 Å². The standard InChI is InChI=1S/C13H24N4/c1-5-7-10(6-2)15-12-8-11(14)16-13(17-12)9(3)4/h8-10H,5-7H2,1-4H3,(H3,14,15,16,17). The van der Waals surface area contributed by atoms with Gasteiger partial charge in [-0.15, -0.1) is 0 Å². The summed E-state index contributed by atoms with van der Waals surface area (Å²) >= 11 is 0. The lowest BCUT2D eigenvalue weighted by atomic mass is 10.1. The molecule has 0 aliphatic rings. The van der Waals surface area contributed by atoms with E-state index in [1.54, 1.807) is 0 Å². The van der Waals surface area contributed by atoms with Crippen LogP contribution in [0, 0.1) is 0 Å². The number of hydrogen-bond donors (Lipinski definition) is 2. The molecule has 0 saturated carbocycles. The van der Waals surface area contributed by atoms with Gasteiger partial charge >= 0.3 is 0 Å². The van der Waals surface area contributed by atoms with E-state index < -0.39 is 0 Å². The third kappa shape index (κ3) is 4.21. The minimum absolute atomic E-state index is 0.297. The van der Waals surface area contributed by atoms with Crippen molar-refractivity contribution >= 4 is 11.6 Å². The third-order valence-electron chi connectivity index (χ3n) is 2.76. The Hall–Kier alpha value is -1.32. The second-order valence-corrected chi connectivity index (χ2v) is 4.73. The van der Waals surface area contributed by atoms with E-state index in [4.69, 9.17) is 5.73 Å². The lowest BCUT2D eigenvalue weighted by Crippen LogP contribution is -2.19. The average molecular weight is 236 g/mol. The second-order valence-electron chi connectivity index (χ2n) is 4.73. The van der Waals surface area contributed by atoms with Crippen LogP contribution in [0.3, 0.4) is 0 Å². The predicted octanol–water partition coefficient (Wildman–Crippen LogP) is 3.17. The molecule has 96 valence electrons. The number of hydrogen-bond acceptors (Lipinski definition) is 4. The van der Waals surface area contributed by atoms with Crippen molar-refractivity contribution in [1.82, 2.24) is 9.97 Å². The molecule has 0 aliphatic carbocycles. The predicted molar refractivity (Wildman–Crippen MR) is 73.1 cm³/mol. The zero-order valence-corrected chi connectivity index (χ0v) is 11.3. The van der Waals surface area contributed by atoms with Crippen molar-refractivity contribution in [1.29, 1.82) is 0 Å². The Morgan fingerprint density at radius 2 is 2.00 bits per heavy atom. The number of anilines is 2. The zero-order valence-electron chi connectivity index (χ0n) is 11.3. The molecule has 1 aromatic rings. The van der Waals surface area contributed by atoms with Crippen LogP contribution in [-0.4, -0.2) is 16.0 Å². The number of nitrogen functional groups attached to an aromatic ring is 1. The monoisotopic (exact) mass is 236 g/mol. The molecular weight excluding hydrogens is 212 g/mol. The van der Waals surface area contributed by atoms with Gasteiger partial charge in [-0.1, -0.05) is 34.1 Å². The van der Waals surface area contributed by atoms with Gasteiger partial charge in [-0.2, -0.15) is 0 Å². The zero-order chi connectivity index (χ0) is 12.8. The van der Waals surface area contributed by atoms with E-state index >= 15 is 0 Å². The van der Waals surface area contributed by atoms with E-state index in [0.717, 1.165) is 24.5 Å². The minimum atomic E-state index is 0.297. The fraction of sp³-hybridized carbons (Fsp3) is 0.692. The van der Waals surface area contributed by atoms with Gasteiger partial charge in [0.1, 0.15) is 17.5 Å². The van der Waals surface area contributed by atoms with Gasteiger partial charge in [-0.25, -0.2) is 9.97 Å². The van der Waals surface area contributed by atoms with Crippen LogP contribution in [-0.2, 0) is 0 Å². The highest BCUT2D eigenvalue weighted by Gasteiger charge is 2.09. The summed E-state index contributed by atoms with van der Waals surface area (Å²) in [5.74, 6) is 2.49. The number of aromatic nitrogens is 2. The third-order valence-corrected chi connectivity index (χ3v) is 2.76. The molecule has 0 aliphatic heterocycles. The maximum Gasteiger partial charge on any atom is 0.135 e. The van der Waals surface area contributed by atoms with E-state index in [2.05, 4.69) is 43.0 Å². The van der Waals surface area contributed by atoms with Gasteiger partial charge < -0.3 is 11.1 Å². The van der Waals surface area contributed by atoms with Gasteiger partial charge in [0.2, 0.25) is 0 Å². The second kappa shape index (κ2) is 6.42. The normalized spacial score (nSPS) is 12.8. The van der Waals surface area contributed by atoms with E-state index in [-0.39, 0.29) is 0 Å². The quantitative estimate of drug-likeness (QED) is 0.796. The number of rotatable bonds is 6. The van der Waals surface area contributed by atoms with Crippen LogP contribution in [0.2, 0.25) is 0 Å². The van der Waals surface area contributed by atoms with Crippen molar-refractivity contribution in [2.24, 2.45) is 0 Å². The molecule has 0 amide bonds. The Morgan fingerprint density at radius 1 is 1.29 bits per heavy atom. The van der Waals surface area contributed by atoms with Crippen LogP contribution in [0.1, 0.15) is 58.7 Å². The van der Waals surface area contributed by atoms with Gasteiger partial charge in [-0.3, -0.25) is 0 Å². The molecular formula is C13H24N4. The lowest BCUT2D eigenvalue weighted by Gasteiger charge is -2.17. The molecule has 0 radical (unpaired) electrons. The first kappa shape index (κ1) is 13.7. The van der Waals surface area contributed by atoms with Gasteiger partial charge in [0, 0.05) is 18.0 Å². The van der Waals surface area contributed by atoms with Crippen LogP contribution < -0.4 is 11.1 Å². The Morgan fingerprint density at radius 3 is 2.53 bits per heavy atom. The molecule has 1 heterocycles. The Kier molecular flexibility index (Phi) is 5.19. The minimum Gasteiger partial charge on any atom is -0.384 e. The molecule has 0 aromatic carbocycles. The van der Waals surface area contributed by atoms with E-state index in [1.165, 1.54) is 6.42 Å². The first-order chi connectivity index (χ1) is 8.06. The van der Waals surface area contributed by atoms with Crippen LogP contribution in [0.5, 0.6) is 0 Å². The first-order valence-corrected chi connectivity index (χ1v) is 6.47. The van der Waals surface area contributed by atoms with Crippen molar-refractivity contribution in [3.8, 4) is 0 Å². The summed E-state index contributed by atoms with van der Waals surface area (Å²) in [4.78, 5) is 8.74. The summed E-state index contributed by atoms with van der Waals surface area (Å²) in [6, 6.07) is 2.28. The molecule has 4 heteroatoms. The van der Waals surface area contributed by atoms with E-state index in [0.29, 0.717) is 17.8 Å². The Bertz CT molecular complexity index is 349. The largest absolute Gasteiger partial charge is 0.384 e. The summed E-state index contributed by atoms with van der Waals surface area (Å²) in [6.45, 7) is 8.52. The van der Waals surface area contributed by atoms with E-state index in [1.807, 2.05) is 6.07 Å².